The Balaban J connectivity index is 2.22. The lowest BCUT2D eigenvalue weighted by molar-refractivity contribution is 0.439. The maximum atomic E-state index is 13.9. The lowest BCUT2D eigenvalue weighted by Gasteiger charge is -2.16. The van der Waals surface area contributed by atoms with Crippen LogP contribution in [0.2, 0.25) is 0 Å². The molecule has 0 heterocycles. The predicted octanol–water partition coefficient (Wildman–Crippen LogP) is 5.36. The van der Waals surface area contributed by atoms with E-state index in [-0.39, 0.29) is 17.6 Å². The van der Waals surface area contributed by atoms with Crippen LogP contribution in [0.4, 0.5) is 4.39 Å². The molecule has 0 aliphatic rings. The fourth-order valence-electron chi connectivity index (χ4n) is 2.16. The van der Waals surface area contributed by atoms with Crippen LogP contribution >= 0.6 is 15.9 Å². The van der Waals surface area contributed by atoms with E-state index in [1.54, 1.807) is 25.1 Å². The highest BCUT2D eigenvalue weighted by Crippen LogP contribution is 2.31. The highest BCUT2D eigenvalue weighted by molar-refractivity contribution is 9.10. The van der Waals surface area contributed by atoms with Gasteiger partial charge in [-0.15, -0.1) is 0 Å². The number of hydrogen-bond acceptors (Lipinski definition) is 2. The lowest BCUT2D eigenvalue weighted by atomic mass is 10.1. The Morgan fingerprint density at radius 2 is 2.05 bits per heavy atom. The monoisotopic (exact) mass is 351 g/mol. The molecule has 0 radical (unpaired) electrons. The zero-order chi connectivity index (χ0) is 15.4. The Morgan fingerprint density at radius 1 is 1.29 bits per heavy atom. The van der Waals surface area contributed by atoms with E-state index >= 15 is 0 Å². The molecule has 0 bridgehead atoms. The smallest absolute Gasteiger partial charge is 0.168 e. The minimum atomic E-state index is -0.321. The van der Waals surface area contributed by atoms with E-state index < -0.39 is 0 Å². The average molecular weight is 352 g/mol. The van der Waals surface area contributed by atoms with Gasteiger partial charge in [0.2, 0.25) is 0 Å². The first-order chi connectivity index (χ1) is 10.0. The van der Waals surface area contributed by atoms with Gasteiger partial charge in [-0.2, -0.15) is 0 Å². The van der Waals surface area contributed by atoms with E-state index in [0.717, 1.165) is 16.6 Å². The molecular formula is C17H19BrFNO. The molecule has 2 rings (SSSR count). The first kappa shape index (κ1) is 16.0. The molecule has 2 aromatic rings. The van der Waals surface area contributed by atoms with Gasteiger partial charge in [0, 0.05) is 10.5 Å². The Kier molecular flexibility index (Phi) is 5.37. The maximum Gasteiger partial charge on any atom is 0.168 e. The predicted molar refractivity (Wildman–Crippen MR) is 87.4 cm³/mol. The fourth-order valence-corrected chi connectivity index (χ4v) is 2.87. The molecule has 21 heavy (non-hydrogen) atoms. The highest BCUT2D eigenvalue weighted by atomic mass is 79.9. The number of rotatable bonds is 5. The molecule has 0 saturated carbocycles. The van der Waals surface area contributed by atoms with Gasteiger partial charge in [0.25, 0.3) is 0 Å². The summed E-state index contributed by atoms with van der Waals surface area (Å²) in [6.45, 7) is 6.80. The normalized spacial score (nSPS) is 12.2. The molecule has 2 aromatic carbocycles. The van der Waals surface area contributed by atoms with Crippen molar-refractivity contribution >= 4 is 15.9 Å². The van der Waals surface area contributed by atoms with E-state index in [0.29, 0.717) is 11.3 Å². The largest absolute Gasteiger partial charge is 0.454 e. The molecule has 1 unspecified atom stereocenters. The van der Waals surface area contributed by atoms with Crippen LogP contribution in [0, 0.1) is 12.7 Å². The minimum Gasteiger partial charge on any atom is -0.454 e. The third-order valence-electron chi connectivity index (χ3n) is 3.33. The molecule has 2 nitrogen and oxygen atoms in total. The third kappa shape index (κ3) is 3.83. The average Bonchev–Trinajstić information content (AvgIpc) is 2.44. The van der Waals surface area contributed by atoms with Crippen LogP contribution < -0.4 is 10.1 Å². The molecule has 4 heteroatoms. The van der Waals surface area contributed by atoms with Gasteiger partial charge in [0.05, 0.1) is 0 Å². The van der Waals surface area contributed by atoms with Crippen molar-refractivity contribution in [3.63, 3.8) is 0 Å². The first-order valence-corrected chi connectivity index (χ1v) is 7.78. The maximum absolute atomic E-state index is 13.9. The second-order valence-electron chi connectivity index (χ2n) is 4.95. The van der Waals surface area contributed by atoms with Crippen LogP contribution in [0.15, 0.2) is 40.9 Å². The molecule has 0 saturated heterocycles. The number of hydrogen-bond donors (Lipinski definition) is 1. The summed E-state index contributed by atoms with van der Waals surface area (Å²) in [7, 11) is 0. The van der Waals surface area contributed by atoms with Crippen molar-refractivity contribution in [2.75, 3.05) is 6.54 Å². The molecule has 0 aliphatic heterocycles. The topological polar surface area (TPSA) is 21.3 Å². The van der Waals surface area contributed by atoms with Crippen LogP contribution in [0.25, 0.3) is 0 Å². The van der Waals surface area contributed by atoms with Crippen molar-refractivity contribution < 1.29 is 9.13 Å². The summed E-state index contributed by atoms with van der Waals surface area (Å²) < 4.78 is 20.5. The van der Waals surface area contributed by atoms with Crippen molar-refractivity contribution in [1.82, 2.24) is 5.32 Å². The van der Waals surface area contributed by atoms with Gasteiger partial charge in [0.15, 0.2) is 11.6 Å². The number of benzene rings is 2. The molecule has 112 valence electrons. The lowest BCUT2D eigenvalue weighted by Crippen LogP contribution is -2.18. The summed E-state index contributed by atoms with van der Waals surface area (Å²) in [5, 5.41) is 3.36. The number of aryl methyl sites for hydroxylation is 1. The Bertz CT molecular complexity index is 630. The Labute approximate surface area is 133 Å². The molecule has 1 atom stereocenters. The molecule has 0 spiro atoms. The second-order valence-corrected chi connectivity index (χ2v) is 5.81. The summed E-state index contributed by atoms with van der Waals surface area (Å²) in [6.07, 6.45) is 0. The molecule has 1 N–H and O–H groups in total. The van der Waals surface area contributed by atoms with Gasteiger partial charge in [-0.1, -0.05) is 41.1 Å². The highest BCUT2D eigenvalue weighted by Gasteiger charge is 2.11. The van der Waals surface area contributed by atoms with Gasteiger partial charge >= 0.3 is 0 Å². The van der Waals surface area contributed by atoms with Crippen molar-refractivity contribution in [3.8, 4) is 11.5 Å². The second kappa shape index (κ2) is 7.05. The summed E-state index contributed by atoms with van der Waals surface area (Å²) >= 11 is 3.55. The number of nitrogens with one attached hydrogen (secondary N) is 1. The van der Waals surface area contributed by atoms with E-state index in [1.807, 2.05) is 18.2 Å². The van der Waals surface area contributed by atoms with E-state index in [1.165, 1.54) is 0 Å². The first-order valence-electron chi connectivity index (χ1n) is 6.98. The summed E-state index contributed by atoms with van der Waals surface area (Å²) in [5.41, 5.74) is 1.72. The molecular weight excluding hydrogens is 333 g/mol. The van der Waals surface area contributed by atoms with Crippen molar-refractivity contribution in [3.05, 3.63) is 57.8 Å². The van der Waals surface area contributed by atoms with Crippen molar-refractivity contribution in [2.45, 2.75) is 26.8 Å². The van der Waals surface area contributed by atoms with Crippen LogP contribution in [-0.2, 0) is 0 Å². The quantitative estimate of drug-likeness (QED) is 0.782. The Morgan fingerprint density at radius 3 is 2.71 bits per heavy atom. The minimum absolute atomic E-state index is 0.245. The molecule has 0 aromatic heterocycles. The molecule has 0 aliphatic carbocycles. The van der Waals surface area contributed by atoms with E-state index in [9.17, 15) is 4.39 Å². The van der Waals surface area contributed by atoms with Gasteiger partial charge in [-0.05, 0) is 49.7 Å². The van der Waals surface area contributed by atoms with Gasteiger partial charge in [0.1, 0.15) is 5.75 Å². The Hall–Kier alpha value is -1.39. The van der Waals surface area contributed by atoms with E-state index in [4.69, 9.17) is 4.74 Å². The van der Waals surface area contributed by atoms with Crippen LogP contribution in [0.5, 0.6) is 11.5 Å². The number of halogens is 2. The number of ether oxygens (including phenoxy) is 1. The van der Waals surface area contributed by atoms with Gasteiger partial charge in [-0.25, -0.2) is 4.39 Å². The van der Waals surface area contributed by atoms with E-state index in [2.05, 4.69) is 35.1 Å². The third-order valence-corrected chi connectivity index (χ3v) is 4.02. The van der Waals surface area contributed by atoms with Crippen LogP contribution in [0.1, 0.15) is 31.0 Å². The molecule has 0 amide bonds. The van der Waals surface area contributed by atoms with Crippen LogP contribution in [-0.4, -0.2) is 6.54 Å². The fraction of sp³-hybridized carbons (Fsp3) is 0.294. The van der Waals surface area contributed by atoms with Crippen molar-refractivity contribution in [2.24, 2.45) is 0 Å². The zero-order valence-electron chi connectivity index (χ0n) is 12.4. The zero-order valence-corrected chi connectivity index (χ0v) is 14.0. The standard InChI is InChI=1S/C17H19BrFNO/c1-4-20-12(3)14-9-8-13(10-15(14)18)21-16-7-5-6-11(2)17(16)19/h5-10,12,20H,4H2,1-3H3. The summed E-state index contributed by atoms with van der Waals surface area (Å²) in [6, 6.07) is 11.1. The van der Waals surface area contributed by atoms with Crippen LogP contribution in [0.3, 0.4) is 0 Å². The SMILES string of the molecule is CCNC(C)c1ccc(Oc2cccc(C)c2F)cc1Br. The van der Waals surface area contributed by atoms with Gasteiger partial charge < -0.3 is 10.1 Å². The molecule has 0 fully saturated rings. The van der Waals surface area contributed by atoms with Crippen molar-refractivity contribution in [1.29, 1.82) is 0 Å². The van der Waals surface area contributed by atoms with Gasteiger partial charge in [-0.3, -0.25) is 0 Å². The summed E-state index contributed by atoms with van der Waals surface area (Å²) in [4.78, 5) is 0. The summed E-state index contributed by atoms with van der Waals surface area (Å²) in [5.74, 6) is 0.534.